The van der Waals surface area contributed by atoms with Crippen LogP contribution in [0.4, 0.5) is 0 Å². The fraction of sp³-hybridized carbons (Fsp3) is 0.615. The van der Waals surface area contributed by atoms with Crippen molar-refractivity contribution in [1.82, 2.24) is 19.4 Å². The predicted molar refractivity (Wildman–Crippen MR) is 69.5 cm³/mol. The van der Waals surface area contributed by atoms with Crippen molar-refractivity contribution in [3.05, 3.63) is 18.2 Å². The lowest BCUT2D eigenvalue weighted by molar-refractivity contribution is -0.154. The van der Waals surface area contributed by atoms with Crippen molar-refractivity contribution in [1.29, 1.82) is 0 Å². The number of carbonyl (C=O) groups is 2. The molecule has 0 saturated carbocycles. The zero-order chi connectivity index (χ0) is 14.3. The lowest BCUT2D eigenvalue weighted by atomic mass is 10.1. The Labute approximate surface area is 117 Å². The van der Waals surface area contributed by atoms with E-state index in [1.807, 2.05) is 17.8 Å². The van der Waals surface area contributed by atoms with Crippen LogP contribution >= 0.6 is 0 Å². The molecule has 7 heteroatoms. The van der Waals surface area contributed by atoms with Gasteiger partial charge in [-0.15, -0.1) is 0 Å². The number of aromatic nitrogens is 2. The number of rotatable bonds is 2. The fourth-order valence-electron chi connectivity index (χ4n) is 2.83. The van der Waals surface area contributed by atoms with Crippen molar-refractivity contribution in [3.8, 4) is 0 Å². The van der Waals surface area contributed by atoms with E-state index in [-0.39, 0.29) is 30.6 Å². The zero-order valence-electron chi connectivity index (χ0n) is 11.7. The summed E-state index contributed by atoms with van der Waals surface area (Å²) in [6, 6.07) is -0.0724. The third-order valence-electron chi connectivity index (χ3n) is 4.06. The summed E-state index contributed by atoms with van der Waals surface area (Å²) in [4.78, 5) is 31.4. The van der Waals surface area contributed by atoms with Gasteiger partial charge in [0.1, 0.15) is 12.4 Å². The van der Waals surface area contributed by atoms with Crippen LogP contribution in [0.5, 0.6) is 0 Å². The van der Waals surface area contributed by atoms with Gasteiger partial charge in [-0.05, 0) is 0 Å². The molecular weight excluding hydrogens is 260 g/mol. The molecule has 0 unspecified atom stereocenters. The highest BCUT2D eigenvalue weighted by Crippen LogP contribution is 2.24. The Balaban J connectivity index is 1.79. The molecule has 0 spiro atoms. The van der Waals surface area contributed by atoms with E-state index in [4.69, 9.17) is 4.74 Å². The van der Waals surface area contributed by atoms with Crippen molar-refractivity contribution < 1.29 is 14.3 Å². The molecule has 1 aromatic heterocycles. The number of hydrogen-bond donors (Lipinski definition) is 0. The Hall–Kier alpha value is -1.89. The molecule has 2 fully saturated rings. The summed E-state index contributed by atoms with van der Waals surface area (Å²) in [6.45, 7) is 3.18. The fourth-order valence-corrected chi connectivity index (χ4v) is 2.83. The summed E-state index contributed by atoms with van der Waals surface area (Å²) < 4.78 is 7.46. The van der Waals surface area contributed by atoms with Gasteiger partial charge in [-0.25, -0.2) is 4.98 Å². The Morgan fingerprint density at radius 3 is 2.95 bits per heavy atom. The molecule has 2 aliphatic rings. The van der Waals surface area contributed by atoms with Crippen LogP contribution in [-0.4, -0.2) is 63.0 Å². The maximum Gasteiger partial charge on any atom is 0.249 e. The molecule has 0 radical (unpaired) electrons. The number of imidazole rings is 1. The standard InChI is InChI=1S/C13H18N4O3/c1-9(18)16-5-10-11(6-16)20-8-13(19)17(10)7-12-14-3-4-15(12)2/h3-4,10-11H,5-8H2,1-2H3/t10-,11+/m1/s1. The minimum atomic E-state index is -0.0862. The molecular formula is C13H18N4O3. The highest BCUT2D eigenvalue weighted by molar-refractivity contribution is 5.79. The van der Waals surface area contributed by atoms with E-state index >= 15 is 0 Å². The first kappa shape index (κ1) is 13.1. The van der Waals surface area contributed by atoms with Crippen molar-refractivity contribution >= 4 is 11.8 Å². The predicted octanol–water partition coefficient (Wildman–Crippen LogP) is -0.622. The second-order valence-corrected chi connectivity index (χ2v) is 5.32. The molecule has 2 aliphatic heterocycles. The van der Waals surface area contributed by atoms with Gasteiger partial charge in [0.15, 0.2) is 0 Å². The summed E-state index contributed by atoms with van der Waals surface area (Å²) in [7, 11) is 1.90. The van der Waals surface area contributed by atoms with Crippen LogP contribution in [-0.2, 0) is 27.9 Å². The highest BCUT2D eigenvalue weighted by Gasteiger charge is 2.44. The normalized spacial score (nSPS) is 26.0. The molecule has 7 nitrogen and oxygen atoms in total. The van der Waals surface area contributed by atoms with Gasteiger partial charge >= 0.3 is 0 Å². The van der Waals surface area contributed by atoms with Crippen LogP contribution in [0.15, 0.2) is 12.4 Å². The van der Waals surface area contributed by atoms with Gasteiger partial charge in [0.25, 0.3) is 0 Å². The molecule has 2 amide bonds. The summed E-state index contributed by atoms with van der Waals surface area (Å²) in [5.74, 6) is 0.812. The average Bonchev–Trinajstić information content (AvgIpc) is 2.99. The number of fused-ring (bicyclic) bond motifs is 1. The van der Waals surface area contributed by atoms with E-state index in [9.17, 15) is 9.59 Å². The molecule has 3 rings (SSSR count). The van der Waals surface area contributed by atoms with Gasteiger partial charge in [0, 0.05) is 39.5 Å². The van der Waals surface area contributed by atoms with Crippen LogP contribution in [0, 0.1) is 0 Å². The number of morpholine rings is 1. The minimum Gasteiger partial charge on any atom is -0.364 e. The first-order valence-electron chi connectivity index (χ1n) is 6.69. The molecule has 0 N–H and O–H groups in total. The summed E-state index contributed by atoms with van der Waals surface area (Å²) >= 11 is 0. The van der Waals surface area contributed by atoms with Gasteiger partial charge in [-0.2, -0.15) is 0 Å². The van der Waals surface area contributed by atoms with Gasteiger partial charge in [-0.3, -0.25) is 9.59 Å². The Bertz CT molecular complexity index is 541. The molecule has 2 saturated heterocycles. The molecule has 3 heterocycles. The number of likely N-dealkylation sites (tertiary alicyclic amines) is 1. The summed E-state index contributed by atoms with van der Waals surface area (Å²) in [5.41, 5.74) is 0. The topological polar surface area (TPSA) is 67.7 Å². The second-order valence-electron chi connectivity index (χ2n) is 5.32. The number of amides is 2. The van der Waals surface area contributed by atoms with Crippen molar-refractivity contribution in [3.63, 3.8) is 0 Å². The smallest absolute Gasteiger partial charge is 0.249 e. The Morgan fingerprint density at radius 2 is 2.30 bits per heavy atom. The number of aryl methyl sites for hydroxylation is 1. The molecule has 20 heavy (non-hydrogen) atoms. The lowest BCUT2D eigenvalue weighted by Crippen LogP contribution is -2.53. The molecule has 108 valence electrons. The number of carbonyl (C=O) groups excluding carboxylic acids is 2. The third-order valence-corrected chi connectivity index (χ3v) is 4.06. The van der Waals surface area contributed by atoms with Crippen LogP contribution in [0.3, 0.4) is 0 Å². The first-order chi connectivity index (χ1) is 9.56. The van der Waals surface area contributed by atoms with Crippen LogP contribution in [0.2, 0.25) is 0 Å². The van der Waals surface area contributed by atoms with Crippen molar-refractivity contribution in [2.75, 3.05) is 19.7 Å². The second kappa shape index (κ2) is 4.90. The summed E-state index contributed by atoms with van der Waals surface area (Å²) in [6.07, 6.45) is 3.49. The maximum atomic E-state index is 12.1. The van der Waals surface area contributed by atoms with Crippen molar-refractivity contribution in [2.24, 2.45) is 7.05 Å². The first-order valence-corrected chi connectivity index (χ1v) is 6.69. The molecule has 0 aliphatic carbocycles. The van der Waals surface area contributed by atoms with Gasteiger partial charge in [0.2, 0.25) is 11.8 Å². The molecule has 1 aromatic rings. The van der Waals surface area contributed by atoms with E-state index in [0.29, 0.717) is 19.6 Å². The quantitative estimate of drug-likeness (QED) is 0.723. The van der Waals surface area contributed by atoms with E-state index in [1.165, 1.54) is 0 Å². The zero-order valence-corrected chi connectivity index (χ0v) is 11.7. The van der Waals surface area contributed by atoms with Gasteiger partial charge in [0.05, 0.1) is 18.7 Å². The number of hydrogen-bond acceptors (Lipinski definition) is 4. The largest absolute Gasteiger partial charge is 0.364 e. The van der Waals surface area contributed by atoms with Crippen LogP contribution in [0.1, 0.15) is 12.7 Å². The average molecular weight is 278 g/mol. The third kappa shape index (κ3) is 2.18. The van der Waals surface area contributed by atoms with Gasteiger partial charge in [-0.1, -0.05) is 0 Å². The molecule has 0 bridgehead atoms. The minimum absolute atomic E-state index is 0.0207. The monoisotopic (exact) mass is 278 g/mol. The number of nitrogens with zero attached hydrogens (tertiary/aromatic N) is 4. The Morgan fingerprint density at radius 1 is 1.50 bits per heavy atom. The van der Waals surface area contributed by atoms with Crippen LogP contribution in [0.25, 0.3) is 0 Å². The van der Waals surface area contributed by atoms with E-state index in [1.54, 1.807) is 22.9 Å². The van der Waals surface area contributed by atoms with E-state index in [0.717, 1.165) is 5.82 Å². The SMILES string of the molecule is CC(=O)N1C[C@@H]2OCC(=O)N(Cc3nccn3C)[C@@H]2C1. The van der Waals surface area contributed by atoms with E-state index in [2.05, 4.69) is 4.98 Å². The number of ether oxygens (including phenoxy) is 1. The lowest BCUT2D eigenvalue weighted by Gasteiger charge is -2.36. The Kier molecular flexibility index (Phi) is 3.21. The molecule has 2 atom stereocenters. The highest BCUT2D eigenvalue weighted by atomic mass is 16.5. The van der Waals surface area contributed by atoms with E-state index < -0.39 is 0 Å². The van der Waals surface area contributed by atoms with Crippen LogP contribution < -0.4 is 0 Å². The van der Waals surface area contributed by atoms with Gasteiger partial charge < -0.3 is 19.1 Å². The molecule has 0 aromatic carbocycles. The summed E-state index contributed by atoms with van der Waals surface area (Å²) in [5, 5.41) is 0. The van der Waals surface area contributed by atoms with Crippen molar-refractivity contribution in [2.45, 2.75) is 25.6 Å². The maximum absolute atomic E-state index is 12.1.